The number of nitrogens with zero attached hydrogens (tertiary/aromatic N) is 3. The molecule has 2 aliphatic rings. The lowest BCUT2D eigenvalue weighted by Gasteiger charge is -2.29. The lowest BCUT2D eigenvalue weighted by molar-refractivity contribution is 0.0724. The van der Waals surface area contributed by atoms with Gasteiger partial charge < -0.3 is 25.2 Å². The van der Waals surface area contributed by atoms with Gasteiger partial charge in [-0.15, -0.1) is 0 Å². The van der Waals surface area contributed by atoms with Crippen LogP contribution in [-0.4, -0.2) is 52.1 Å². The number of imidazole rings is 1. The van der Waals surface area contributed by atoms with Gasteiger partial charge in [0.25, 0.3) is 5.91 Å². The number of amides is 1. The number of hydrogen-bond donors (Lipinski definition) is 3. The second-order valence-electron chi connectivity index (χ2n) is 10.3. The van der Waals surface area contributed by atoms with Crippen LogP contribution in [-0.2, 0) is 6.54 Å². The van der Waals surface area contributed by atoms with Gasteiger partial charge in [0.15, 0.2) is 0 Å². The number of aromatic hydroxyl groups is 1. The van der Waals surface area contributed by atoms with Crippen LogP contribution in [0, 0.1) is 0 Å². The van der Waals surface area contributed by atoms with Gasteiger partial charge in [-0.25, -0.2) is 4.98 Å². The largest absolute Gasteiger partial charge is 0.508 e. The molecule has 5 aromatic rings. The van der Waals surface area contributed by atoms with Gasteiger partial charge in [-0.05, 0) is 65.2 Å². The fourth-order valence-corrected chi connectivity index (χ4v) is 5.99. The third-order valence-corrected chi connectivity index (χ3v) is 8.12. The Morgan fingerprint density at radius 1 is 0.900 bits per heavy atom. The molecule has 0 bridgehead atoms. The van der Waals surface area contributed by atoms with Crippen LogP contribution in [0.1, 0.15) is 33.4 Å². The summed E-state index contributed by atoms with van der Waals surface area (Å²) < 4.78 is 0. The van der Waals surface area contributed by atoms with E-state index < -0.39 is 6.04 Å². The Morgan fingerprint density at radius 3 is 2.48 bits per heavy atom. The number of carbonyl (C=O) groups is 1. The zero-order chi connectivity index (χ0) is 27.2. The predicted molar refractivity (Wildman–Crippen MR) is 158 cm³/mol. The molecule has 4 aromatic carbocycles. The summed E-state index contributed by atoms with van der Waals surface area (Å²) in [6, 6.07) is 26.6. The highest BCUT2D eigenvalue weighted by Crippen LogP contribution is 2.40. The number of halogens is 1. The number of phenolic OH excluding ortho intramolecular Hbond substituents is 1. The van der Waals surface area contributed by atoms with Gasteiger partial charge in [-0.3, -0.25) is 4.79 Å². The van der Waals surface area contributed by atoms with Crippen molar-refractivity contribution in [3.8, 4) is 16.9 Å². The number of H-pyrrole nitrogens is 1. The fourth-order valence-electron chi connectivity index (χ4n) is 5.81. The third kappa shape index (κ3) is 4.37. The first-order valence-corrected chi connectivity index (χ1v) is 13.9. The van der Waals surface area contributed by atoms with Crippen molar-refractivity contribution in [2.24, 2.45) is 0 Å². The van der Waals surface area contributed by atoms with Gasteiger partial charge in [0.05, 0.1) is 11.0 Å². The zero-order valence-electron chi connectivity index (χ0n) is 21.8. The van der Waals surface area contributed by atoms with Crippen LogP contribution in [0.5, 0.6) is 5.75 Å². The standard InChI is InChI=1S/C32H28ClN5O2/c33-23-9-12-29(39)26(18-23)30(31-35-27-3-1-2-4-28(27)36-31)38-19-22-6-5-21(17-25(22)32(38)40)20-7-10-24(11-8-20)37-15-13-34-14-16-37/h1-12,17-18,30,34,39H,13-16,19H2,(H,35,36). The minimum absolute atomic E-state index is 0.0591. The summed E-state index contributed by atoms with van der Waals surface area (Å²) in [6.45, 7) is 4.37. The number of fused-ring (bicyclic) bond motifs is 2. The van der Waals surface area contributed by atoms with Crippen molar-refractivity contribution < 1.29 is 9.90 Å². The van der Waals surface area contributed by atoms with Crippen LogP contribution >= 0.6 is 11.6 Å². The molecule has 1 amide bonds. The van der Waals surface area contributed by atoms with Crippen molar-refractivity contribution in [3.63, 3.8) is 0 Å². The lowest BCUT2D eigenvalue weighted by atomic mass is 10.00. The molecular weight excluding hydrogens is 522 g/mol. The molecule has 3 heterocycles. The van der Waals surface area contributed by atoms with Crippen LogP contribution < -0.4 is 10.2 Å². The lowest BCUT2D eigenvalue weighted by Crippen LogP contribution is -2.43. The number of carbonyl (C=O) groups excluding carboxylic acids is 1. The van der Waals surface area contributed by atoms with Crippen molar-refractivity contribution in [2.45, 2.75) is 12.6 Å². The van der Waals surface area contributed by atoms with E-state index in [9.17, 15) is 9.90 Å². The molecule has 7 rings (SSSR count). The molecule has 3 N–H and O–H groups in total. The van der Waals surface area contributed by atoms with E-state index in [1.807, 2.05) is 36.4 Å². The summed E-state index contributed by atoms with van der Waals surface area (Å²) in [7, 11) is 0. The molecule has 40 heavy (non-hydrogen) atoms. The average molecular weight is 550 g/mol. The summed E-state index contributed by atoms with van der Waals surface area (Å²) in [4.78, 5) is 26.3. The zero-order valence-corrected chi connectivity index (χ0v) is 22.5. The number of piperazine rings is 1. The van der Waals surface area contributed by atoms with Crippen LogP contribution in [0.2, 0.25) is 5.02 Å². The first-order chi connectivity index (χ1) is 19.5. The highest BCUT2D eigenvalue weighted by molar-refractivity contribution is 6.30. The molecule has 1 fully saturated rings. The van der Waals surface area contributed by atoms with Crippen LogP contribution in [0.4, 0.5) is 5.69 Å². The second-order valence-corrected chi connectivity index (χ2v) is 10.8. The van der Waals surface area contributed by atoms with E-state index >= 15 is 0 Å². The Morgan fingerprint density at radius 2 is 1.68 bits per heavy atom. The number of nitrogens with one attached hydrogen (secondary N) is 2. The maximum atomic E-state index is 14.0. The van der Waals surface area contributed by atoms with Gasteiger partial charge in [-0.2, -0.15) is 0 Å². The van der Waals surface area contributed by atoms with Crippen LogP contribution in [0.15, 0.2) is 84.9 Å². The van der Waals surface area contributed by atoms with E-state index in [2.05, 4.69) is 45.5 Å². The number of para-hydroxylation sites is 2. The number of hydrogen-bond acceptors (Lipinski definition) is 5. The molecule has 200 valence electrons. The summed E-state index contributed by atoms with van der Waals surface area (Å²) in [5.41, 5.74) is 7.04. The van der Waals surface area contributed by atoms with Crippen molar-refractivity contribution in [3.05, 3.63) is 112 Å². The van der Waals surface area contributed by atoms with E-state index in [4.69, 9.17) is 16.6 Å². The molecule has 1 unspecified atom stereocenters. The van der Waals surface area contributed by atoms with Gasteiger partial charge in [0.2, 0.25) is 0 Å². The maximum Gasteiger partial charge on any atom is 0.255 e. The van der Waals surface area contributed by atoms with Gasteiger partial charge in [0.1, 0.15) is 17.6 Å². The molecule has 0 radical (unpaired) electrons. The number of aromatic amines is 1. The molecule has 1 aromatic heterocycles. The second kappa shape index (κ2) is 10.0. The number of rotatable bonds is 5. The molecule has 0 saturated carbocycles. The van der Waals surface area contributed by atoms with E-state index in [0.29, 0.717) is 28.5 Å². The SMILES string of the molecule is O=C1c2cc(-c3ccc(N4CCNCC4)cc3)ccc2CN1C(c1nc2ccccc2[nH]1)c1cc(Cl)ccc1O. The Bertz CT molecular complexity index is 1690. The van der Waals surface area contributed by atoms with Crippen molar-refractivity contribution >= 4 is 34.2 Å². The van der Waals surface area contributed by atoms with Gasteiger partial charge in [0, 0.05) is 54.6 Å². The highest BCUT2D eigenvalue weighted by Gasteiger charge is 2.37. The van der Waals surface area contributed by atoms with E-state index in [1.165, 1.54) is 5.69 Å². The predicted octanol–water partition coefficient (Wildman–Crippen LogP) is 5.74. The number of aromatic nitrogens is 2. The summed E-state index contributed by atoms with van der Waals surface area (Å²) in [5.74, 6) is 0.520. The quantitative estimate of drug-likeness (QED) is 0.260. The molecule has 0 spiro atoms. The number of anilines is 1. The van der Waals surface area contributed by atoms with E-state index in [1.54, 1.807) is 23.1 Å². The summed E-state index contributed by atoms with van der Waals surface area (Å²) in [5, 5.41) is 14.7. The molecule has 7 nitrogen and oxygen atoms in total. The minimum atomic E-state index is -0.646. The highest BCUT2D eigenvalue weighted by atomic mass is 35.5. The molecular formula is C32H28ClN5O2. The molecule has 2 aliphatic heterocycles. The molecule has 1 saturated heterocycles. The fraction of sp³-hybridized carbons (Fsp3) is 0.188. The minimum Gasteiger partial charge on any atom is -0.508 e. The van der Waals surface area contributed by atoms with E-state index in [0.717, 1.165) is 53.9 Å². The van der Waals surface area contributed by atoms with Crippen LogP contribution in [0.25, 0.3) is 22.2 Å². The first kappa shape index (κ1) is 24.7. The Kier molecular flexibility index (Phi) is 6.18. The average Bonchev–Trinajstić information content (AvgIpc) is 3.56. The van der Waals surface area contributed by atoms with Crippen molar-refractivity contribution in [2.75, 3.05) is 31.1 Å². The topological polar surface area (TPSA) is 84.5 Å². The first-order valence-electron chi connectivity index (χ1n) is 13.5. The van der Waals surface area contributed by atoms with Gasteiger partial charge in [-0.1, -0.05) is 48.0 Å². The summed E-state index contributed by atoms with van der Waals surface area (Å²) in [6.07, 6.45) is 0. The van der Waals surface area contributed by atoms with Crippen molar-refractivity contribution in [1.29, 1.82) is 0 Å². The normalized spacial score (nSPS) is 16.0. The van der Waals surface area contributed by atoms with Crippen molar-refractivity contribution in [1.82, 2.24) is 20.2 Å². The number of phenols is 1. The third-order valence-electron chi connectivity index (χ3n) is 7.89. The molecule has 0 aliphatic carbocycles. The Balaban J connectivity index is 1.24. The molecule has 1 atom stereocenters. The summed E-state index contributed by atoms with van der Waals surface area (Å²) >= 11 is 6.36. The maximum absolute atomic E-state index is 14.0. The van der Waals surface area contributed by atoms with Gasteiger partial charge >= 0.3 is 0 Å². The smallest absolute Gasteiger partial charge is 0.255 e. The Labute approximate surface area is 237 Å². The number of benzene rings is 4. The Hall–Kier alpha value is -4.33. The van der Waals surface area contributed by atoms with E-state index in [-0.39, 0.29) is 11.7 Å². The monoisotopic (exact) mass is 549 g/mol. The van der Waals surface area contributed by atoms with Crippen LogP contribution in [0.3, 0.4) is 0 Å². The molecule has 8 heteroatoms.